The molecule has 3 heterocycles. The molecule has 0 aliphatic rings. The number of fused-ring (bicyclic) bond motifs is 1. The number of rotatable bonds is 5. The minimum absolute atomic E-state index is 0.0175. The number of carbonyl (C=O) groups is 1. The van der Waals surface area contributed by atoms with Crippen LogP contribution in [-0.2, 0) is 11.3 Å². The van der Waals surface area contributed by atoms with Gasteiger partial charge in [0.1, 0.15) is 12.9 Å². The molecule has 1 aromatic carbocycles. The molecule has 9 heteroatoms. The fourth-order valence-corrected chi connectivity index (χ4v) is 3.32. The van der Waals surface area contributed by atoms with E-state index in [-0.39, 0.29) is 18.3 Å². The Morgan fingerprint density at radius 2 is 2.00 bits per heavy atom. The fraction of sp³-hybridized carbons (Fsp3) is 0.182. The van der Waals surface area contributed by atoms with E-state index >= 15 is 0 Å². The lowest BCUT2D eigenvalue weighted by atomic mass is 9.95. The van der Waals surface area contributed by atoms with Crippen molar-refractivity contribution in [3.05, 3.63) is 77.1 Å². The summed E-state index contributed by atoms with van der Waals surface area (Å²) in [5.41, 5.74) is 1.76. The van der Waals surface area contributed by atoms with E-state index in [1.54, 1.807) is 12.4 Å². The lowest BCUT2D eigenvalue weighted by Gasteiger charge is -2.16. The predicted octanol–water partition coefficient (Wildman–Crippen LogP) is 3.15. The van der Waals surface area contributed by atoms with E-state index in [0.29, 0.717) is 11.3 Å². The SMILES string of the molecule is CC(C)c1nn(CC(=O)Nc2ncncc2F)c(=O)cc1-c1cccc2ccncc12. The Kier molecular flexibility index (Phi) is 5.48. The number of hydrogen-bond acceptors (Lipinski definition) is 6. The van der Waals surface area contributed by atoms with Gasteiger partial charge in [0.15, 0.2) is 11.6 Å². The van der Waals surface area contributed by atoms with Gasteiger partial charge in [0.2, 0.25) is 5.91 Å². The fourth-order valence-electron chi connectivity index (χ4n) is 3.32. The van der Waals surface area contributed by atoms with Crippen molar-refractivity contribution in [1.29, 1.82) is 0 Å². The number of benzene rings is 1. The van der Waals surface area contributed by atoms with Crippen LogP contribution < -0.4 is 10.9 Å². The number of carbonyl (C=O) groups excluding carboxylic acids is 1. The topological polar surface area (TPSA) is 103 Å². The molecule has 3 aromatic heterocycles. The molecule has 0 spiro atoms. The van der Waals surface area contributed by atoms with Crippen molar-refractivity contribution in [1.82, 2.24) is 24.7 Å². The van der Waals surface area contributed by atoms with E-state index in [1.807, 2.05) is 38.1 Å². The third-order valence-electron chi connectivity index (χ3n) is 4.77. The van der Waals surface area contributed by atoms with E-state index in [0.717, 1.165) is 33.5 Å². The van der Waals surface area contributed by atoms with Crippen LogP contribution in [0.15, 0.2) is 60.0 Å². The number of hydrogen-bond donors (Lipinski definition) is 1. The quantitative estimate of drug-likeness (QED) is 0.534. The van der Waals surface area contributed by atoms with Gasteiger partial charge in [-0.05, 0) is 22.9 Å². The largest absolute Gasteiger partial charge is 0.307 e. The number of nitrogens with zero attached hydrogens (tertiary/aromatic N) is 5. The highest BCUT2D eigenvalue weighted by molar-refractivity contribution is 5.96. The Morgan fingerprint density at radius 1 is 1.16 bits per heavy atom. The molecule has 0 aliphatic carbocycles. The first kappa shape index (κ1) is 20.3. The molecular formula is C22H19FN6O2. The van der Waals surface area contributed by atoms with Crippen molar-refractivity contribution in [2.45, 2.75) is 26.3 Å². The van der Waals surface area contributed by atoms with E-state index in [4.69, 9.17) is 0 Å². The third-order valence-corrected chi connectivity index (χ3v) is 4.77. The van der Waals surface area contributed by atoms with Gasteiger partial charge >= 0.3 is 0 Å². The van der Waals surface area contributed by atoms with Crippen LogP contribution in [0.25, 0.3) is 21.9 Å². The Morgan fingerprint density at radius 3 is 2.77 bits per heavy atom. The molecule has 4 rings (SSSR count). The lowest BCUT2D eigenvalue weighted by molar-refractivity contribution is -0.117. The molecule has 1 N–H and O–H groups in total. The summed E-state index contributed by atoms with van der Waals surface area (Å²) < 4.78 is 14.7. The smallest absolute Gasteiger partial charge is 0.267 e. The van der Waals surface area contributed by atoms with Crippen molar-refractivity contribution in [2.24, 2.45) is 0 Å². The molecule has 0 fully saturated rings. The van der Waals surface area contributed by atoms with Gasteiger partial charge in [0.05, 0.1) is 11.9 Å². The van der Waals surface area contributed by atoms with Crippen LogP contribution in [0.5, 0.6) is 0 Å². The summed E-state index contributed by atoms with van der Waals surface area (Å²) in [6, 6.07) is 9.18. The Bertz CT molecular complexity index is 1330. The van der Waals surface area contributed by atoms with Crippen molar-refractivity contribution in [3.63, 3.8) is 0 Å². The van der Waals surface area contributed by atoms with Gasteiger partial charge in [0, 0.05) is 29.4 Å². The second kappa shape index (κ2) is 8.39. The van der Waals surface area contributed by atoms with Gasteiger partial charge in [-0.15, -0.1) is 0 Å². The van der Waals surface area contributed by atoms with E-state index in [9.17, 15) is 14.0 Å². The van der Waals surface area contributed by atoms with Gasteiger partial charge < -0.3 is 5.32 Å². The van der Waals surface area contributed by atoms with Crippen LogP contribution in [0.1, 0.15) is 25.5 Å². The third kappa shape index (κ3) is 4.16. The molecule has 0 unspecified atom stereocenters. The normalized spacial score (nSPS) is 11.1. The molecule has 0 atom stereocenters. The second-order valence-electron chi connectivity index (χ2n) is 7.26. The summed E-state index contributed by atoms with van der Waals surface area (Å²) in [7, 11) is 0. The van der Waals surface area contributed by atoms with Crippen molar-refractivity contribution in [3.8, 4) is 11.1 Å². The number of amides is 1. The first-order valence-electron chi connectivity index (χ1n) is 9.64. The molecular weight excluding hydrogens is 399 g/mol. The summed E-state index contributed by atoms with van der Waals surface area (Å²) in [5.74, 6) is -1.66. The second-order valence-corrected chi connectivity index (χ2v) is 7.26. The monoisotopic (exact) mass is 418 g/mol. The van der Waals surface area contributed by atoms with Crippen LogP contribution in [0.2, 0.25) is 0 Å². The van der Waals surface area contributed by atoms with Crippen LogP contribution in [0.4, 0.5) is 10.2 Å². The number of aromatic nitrogens is 5. The molecule has 1 amide bonds. The van der Waals surface area contributed by atoms with Crippen LogP contribution >= 0.6 is 0 Å². The van der Waals surface area contributed by atoms with E-state index in [1.165, 1.54) is 6.07 Å². The summed E-state index contributed by atoms with van der Waals surface area (Å²) >= 11 is 0. The lowest BCUT2D eigenvalue weighted by Crippen LogP contribution is -2.31. The number of halogens is 1. The van der Waals surface area contributed by atoms with Gasteiger partial charge in [0.25, 0.3) is 5.56 Å². The maximum atomic E-state index is 13.7. The van der Waals surface area contributed by atoms with E-state index in [2.05, 4.69) is 25.4 Å². The van der Waals surface area contributed by atoms with Gasteiger partial charge in [-0.3, -0.25) is 14.6 Å². The molecule has 0 saturated heterocycles. The first-order valence-corrected chi connectivity index (χ1v) is 9.64. The summed E-state index contributed by atoms with van der Waals surface area (Å²) in [6.07, 6.45) is 5.53. The minimum atomic E-state index is -0.765. The average Bonchev–Trinajstić information content (AvgIpc) is 2.76. The zero-order valence-electron chi connectivity index (χ0n) is 16.9. The highest BCUT2D eigenvalue weighted by Gasteiger charge is 2.18. The number of nitrogens with one attached hydrogen (secondary N) is 1. The zero-order valence-corrected chi connectivity index (χ0v) is 16.9. The minimum Gasteiger partial charge on any atom is -0.307 e. The molecule has 0 saturated carbocycles. The van der Waals surface area contributed by atoms with E-state index < -0.39 is 17.3 Å². The van der Waals surface area contributed by atoms with Crippen molar-refractivity contribution in [2.75, 3.05) is 5.32 Å². The molecule has 0 bridgehead atoms. The van der Waals surface area contributed by atoms with Crippen LogP contribution in [0, 0.1) is 5.82 Å². The maximum Gasteiger partial charge on any atom is 0.267 e. The number of anilines is 1. The first-order chi connectivity index (χ1) is 14.9. The summed E-state index contributed by atoms with van der Waals surface area (Å²) in [6.45, 7) is 3.54. The zero-order chi connectivity index (χ0) is 22.0. The van der Waals surface area contributed by atoms with Gasteiger partial charge in [-0.25, -0.2) is 19.0 Å². The van der Waals surface area contributed by atoms with Crippen LogP contribution in [-0.4, -0.2) is 30.6 Å². The average molecular weight is 418 g/mol. The Balaban J connectivity index is 1.72. The highest BCUT2D eigenvalue weighted by atomic mass is 19.1. The molecule has 31 heavy (non-hydrogen) atoms. The molecule has 0 aliphatic heterocycles. The van der Waals surface area contributed by atoms with Crippen LogP contribution in [0.3, 0.4) is 0 Å². The van der Waals surface area contributed by atoms with Crippen molar-refractivity contribution >= 4 is 22.5 Å². The summed E-state index contributed by atoms with van der Waals surface area (Å²) in [5, 5.41) is 8.69. The Labute approximate surface area is 176 Å². The number of pyridine rings is 1. The molecule has 4 aromatic rings. The van der Waals surface area contributed by atoms with Crippen molar-refractivity contribution < 1.29 is 9.18 Å². The molecule has 0 radical (unpaired) electrons. The molecule has 8 nitrogen and oxygen atoms in total. The summed E-state index contributed by atoms with van der Waals surface area (Å²) in [4.78, 5) is 36.5. The maximum absolute atomic E-state index is 13.7. The standard InChI is InChI=1S/C22H19FN6O2/c1-13(2)21-16(15-5-3-4-14-6-7-24-9-17(14)15)8-20(31)29(28-21)11-19(30)27-22-18(23)10-25-12-26-22/h3-10,12-13H,11H2,1-2H3,(H,25,26,27,30). The highest BCUT2D eigenvalue weighted by Crippen LogP contribution is 2.31. The molecule has 156 valence electrons. The predicted molar refractivity (Wildman–Crippen MR) is 114 cm³/mol. The van der Waals surface area contributed by atoms with Gasteiger partial charge in [-0.1, -0.05) is 32.0 Å². The Hall–Kier alpha value is -4.01. The van der Waals surface area contributed by atoms with Gasteiger partial charge in [-0.2, -0.15) is 5.10 Å².